The predicted molar refractivity (Wildman–Crippen MR) is 78.7 cm³/mol. The van der Waals surface area contributed by atoms with Gasteiger partial charge in [0.1, 0.15) is 0 Å². The number of hydrogen-bond acceptors (Lipinski definition) is 4. The molecule has 6 heteroatoms. The van der Waals surface area contributed by atoms with E-state index >= 15 is 0 Å². The second kappa shape index (κ2) is 5.91. The van der Waals surface area contributed by atoms with Crippen LogP contribution in [0.2, 0.25) is 0 Å². The zero-order valence-electron chi connectivity index (χ0n) is 11.6. The number of sulfonamides is 1. The standard InChI is InChI=1S/C13H22N2O2S2/c1-3-4-11-5-6-15(9-11)19(16,17)13-7-12(8-14)18-10(13)2/h7,11H,3-6,8-9,14H2,1-2H3. The van der Waals surface area contributed by atoms with Crippen molar-refractivity contribution in [3.63, 3.8) is 0 Å². The van der Waals surface area contributed by atoms with Crippen molar-refractivity contribution in [3.8, 4) is 0 Å². The third-order valence-corrected chi connectivity index (χ3v) is 6.88. The fourth-order valence-corrected chi connectivity index (χ4v) is 5.69. The van der Waals surface area contributed by atoms with E-state index in [9.17, 15) is 8.42 Å². The van der Waals surface area contributed by atoms with Crippen LogP contribution >= 0.6 is 11.3 Å². The van der Waals surface area contributed by atoms with E-state index in [1.807, 2.05) is 6.92 Å². The van der Waals surface area contributed by atoms with E-state index < -0.39 is 10.0 Å². The fourth-order valence-electron chi connectivity index (χ4n) is 2.68. The van der Waals surface area contributed by atoms with Crippen molar-refractivity contribution < 1.29 is 8.42 Å². The minimum atomic E-state index is -3.32. The highest BCUT2D eigenvalue weighted by Gasteiger charge is 2.33. The van der Waals surface area contributed by atoms with Gasteiger partial charge in [-0.2, -0.15) is 4.31 Å². The van der Waals surface area contributed by atoms with Crippen molar-refractivity contribution in [3.05, 3.63) is 15.8 Å². The quantitative estimate of drug-likeness (QED) is 0.908. The van der Waals surface area contributed by atoms with Crippen molar-refractivity contribution in [1.82, 2.24) is 4.31 Å². The first-order valence-electron chi connectivity index (χ1n) is 6.78. The molecule has 0 radical (unpaired) electrons. The van der Waals surface area contributed by atoms with E-state index in [0.717, 1.165) is 29.0 Å². The molecule has 1 aromatic heterocycles. The Hall–Kier alpha value is -0.430. The summed E-state index contributed by atoms with van der Waals surface area (Å²) in [7, 11) is -3.32. The SMILES string of the molecule is CCCC1CCN(S(=O)(=O)c2cc(CN)sc2C)C1. The summed E-state index contributed by atoms with van der Waals surface area (Å²) >= 11 is 1.48. The molecule has 2 heterocycles. The Morgan fingerprint density at radius 3 is 2.84 bits per heavy atom. The molecule has 1 fully saturated rings. The smallest absolute Gasteiger partial charge is 0.244 e. The van der Waals surface area contributed by atoms with Gasteiger partial charge in [0.2, 0.25) is 10.0 Å². The number of rotatable bonds is 5. The van der Waals surface area contributed by atoms with Crippen LogP contribution in [0.5, 0.6) is 0 Å². The summed E-state index contributed by atoms with van der Waals surface area (Å²) < 4.78 is 26.9. The van der Waals surface area contributed by atoms with E-state index in [1.165, 1.54) is 11.3 Å². The number of thiophene rings is 1. The highest BCUT2D eigenvalue weighted by atomic mass is 32.2. The Balaban J connectivity index is 2.21. The first kappa shape index (κ1) is 15.0. The van der Waals surface area contributed by atoms with Crippen LogP contribution < -0.4 is 5.73 Å². The molecule has 2 N–H and O–H groups in total. The zero-order chi connectivity index (χ0) is 14.0. The number of aryl methyl sites for hydroxylation is 1. The molecule has 1 atom stereocenters. The third-order valence-electron chi connectivity index (χ3n) is 3.69. The summed E-state index contributed by atoms with van der Waals surface area (Å²) in [5.41, 5.74) is 5.59. The molecule has 1 aromatic rings. The van der Waals surface area contributed by atoms with E-state index in [-0.39, 0.29) is 0 Å². The van der Waals surface area contributed by atoms with Gasteiger partial charge in [-0.05, 0) is 31.7 Å². The lowest BCUT2D eigenvalue weighted by atomic mass is 10.0. The number of nitrogens with zero attached hydrogens (tertiary/aromatic N) is 1. The van der Waals surface area contributed by atoms with Gasteiger partial charge in [0.15, 0.2) is 0 Å². The average Bonchev–Trinajstić information content (AvgIpc) is 2.96. The maximum absolute atomic E-state index is 12.6. The van der Waals surface area contributed by atoms with Crippen LogP contribution in [-0.4, -0.2) is 25.8 Å². The van der Waals surface area contributed by atoms with Crippen LogP contribution in [0.15, 0.2) is 11.0 Å². The third kappa shape index (κ3) is 3.02. The van der Waals surface area contributed by atoms with Gasteiger partial charge in [0.05, 0.1) is 4.90 Å². The molecule has 2 rings (SSSR count). The molecule has 0 saturated carbocycles. The molecule has 19 heavy (non-hydrogen) atoms. The summed E-state index contributed by atoms with van der Waals surface area (Å²) in [6.45, 7) is 5.73. The molecule has 0 aromatic carbocycles. The Morgan fingerprint density at radius 1 is 1.53 bits per heavy atom. The summed E-state index contributed by atoms with van der Waals surface area (Å²) in [4.78, 5) is 2.23. The fraction of sp³-hybridized carbons (Fsp3) is 0.692. The van der Waals surface area contributed by atoms with Crippen LogP contribution in [-0.2, 0) is 16.6 Å². The van der Waals surface area contributed by atoms with Crippen molar-refractivity contribution in [2.75, 3.05) is 13.1 Å². The van der Waals surface area contributed by atoms with Crippen molar-refractivity contribution >= 4 is 21.4 Å². The van der Waals surface area contributed by atoms with E-state index in [4.69, 9.17) is 5.73 Å². The molecule has 1 unspecified atom stereocenters. The van der Waals surface area contributed by atoms with Gasteiger partial charge >= 0.3 is 0 Å². The van der Waals surface area contributed by atoms with Gasteiger partial charge in [0.25, 0.3) is 0 Å². The summed E-state index contributed by atoms with van der Waals surface area (Å²) in [6, 6.07) is 1.74. The normalized spacial score (nSPS) is 21.1. The largest absolute Gasteiger partial charge is 0.326 e. The zero-order valence-corrected chi connectivity index (χ0v) is 13.2. The molecule has 108 valence electrons. The highest BCUT2D eigenvalue weighted by Crippen LogP contribution is 2.31. The molecule has 1 aliphatic heterocycles. The topological polar surface area (TPSA) is 63.4 Å². The molecule has 0 aliphatic carbocycles. The van der Waals surface area contributed by atoms with Gasteiger partial charge in [-0.25, -0.2) is 8.42 Å². The maximum atomic E-state index is 12.6. The second-order valence-electron chi connectivity index (χ2n) is 5.14. The van der Waals surface area contributed by atoms with E-state index in [2.05, 4.69) is 6.92 Å². The lowest BCUT2D eigenvalue weighted by Crippen LogP contribution is -2.29. The first-order chi connectivity index (χ1) is 8.98. The molecule has 0 spiro atoms. The Kier molecular flexibility index (Phi) is 4.66. The summed E-state index contributed by atoms with van der Waals surface area (Å²) in [5.74, 6) is 0.521. The van der Waals surface area contributed by atoms with Crippen LogP contribution in [0.25, 0.3) is 0 Å². The van der Waals surface area contributed by atoms with Crippen molar-refractivity contribution in [1.29, 1.82) is 0 Å². The van der Waals surface area contributed by atoms with Crippen LogP contribution in [0.3, 0.4) is 0 Å². The number of hydrogen-bond donors (Lipinski definition) is 1. The van der Waals surface area contributed by atoms with Crippen LogP contribution in [0.4, 0.5) is 0 Å². The Morgan fingerprint density at radius 2 is 2.26 bits per heavy atom. The van der Waals surface area contributed by atoms with Crippen LogP contribution in [0, 0.1) is 12.8 Å². The Bertz CT molecular complexity index is 537. The van der Waals surface area contributed by atoms with Gasteiger partial charge in [-0.1, -0.05) is 13.3 Å². The maximum Gasteiger partial charge on any atom is 0.244 e. The highest BCUT2D eigenvalue weighted by molar-refractivity contribution is 7.89. The molecular formula is C13H22N2O2S2. The minimum Gasteiger partial charge on any atom is -0.326 e. The minimum absolute atomic E-state index is 0.402. The van der Waals surface area contributed by atoms with Gasteiger partial charge in [-0.3, -0.25) is 0 Å². The monoisotopic (exact) mass is 302 g/mol. The molecule has 0 amide bonds. The van der Waals surface area contributed by atoms with Crippen LogP contribution in [0.1, 0.15) is 35.9 Å². The molecule has 1 saturated heterocycles. The molecule has 4 nitrogen and oxygen atoms in total. The van der Waals surface area contributed by atoms with Gasteiger partial charge in [0, 0.05) is 29.4 Å². The second-order valence-corrected chi connectivity index (χ2v) is 8.39. The van der Waals surface area contributed by atoms with Gasteiger partial charge in [-0.15, -0.1) is 11.3 Å². The first-order valence-corrected chi connectivity index (χ1v) is 9.04. The molecule has 1 aliphatic rings. The lowest BCUT2D eigenvalue weighted by Gasteiger charge is -2.16. The van der Waals surface area contributed by atoms with Gasteiger partial charge < -0.3 is 5.73 Å². The Labute approximate surface area is 119 Å². The van der Waals surface area contributed by atoms with E-state index in [1.54, 1.807) is 10.4 Å². The summed E-state index contributed by atoms with van der Waals surface area (Å²) in [5, 5.41) is 0. The molecule has 0 bridgehead atoms. The lowest BCUT2D eigenvalue weighted by molar-refractivity contribution is 0.444. The average molecular weight is 302 g/mol. The summed E-state index contributed by atoms with van der Waals surface area (Å²) in [6.07, 6.45) is 3.22. The van der Waals surface area contributed by atoms with Crippen molar-refractivity contribution in [2.45, 2.75) is 44.6 Å². The number of nitrogens with two attached hydrogens (primary N) is 1. The van der Waals surface area contributed by atoms with Crippen molar-refractivity contribution in [2.24, 2.45) is 11.7 Å². The van der Waals surface area contributed by atoms with E-state index in [0.29, 0.717) is 30.4 Å². The molecular weight excluding hydrogens is 280 g/mol. The predicted octanol–water partition coefficient (Wildman–Crippen LogP) is 2.33.